The highest BCUT2D eigenvalue weighted by Gasteiger charge is 2.36. The molecule has 1 atom stereocenters. The second-order valence-corrected chi connectivity index (χ2v) is 9.54. The molecule has 29 heavy (non-hydrogen) atoms. The largest absolute Gasteiger partial charge is 0.500 e. The van der Waals surface area contributed by atoms with Crippen molar-refractivity contribution in [2.24, 2.45) is 0 Å². The molecule has 0 spiro atoms. The molecule has 1 aromatic rings. The number of benzene rings is 1. The molecule has 1 unspecified atom stereocenters. The molecule has 0 fully saturated rings. The van der Waals surface area contributed by atoms with Gasteiger partial charge in [-0.2, -0.15) is 0 Å². The smallest absolute Gasteiger partial charge is 0.423 e. The lowest BCUT2D eigenvalue weighted by atomic mass is 9.79. The van der Waals surface area contributed by atoms with Crippen LogP contribution in [-0.2, 0) is 29.1 Å². The highest BCUT2D eigenvalue weighted by Crippen LogP contribution is 2.14. The molecule has 0 saturated heterocycles. The van der Waals surface area contributed by atoms with E-state index < -0.39 is 22.2 Å². The molecule has 164 valence electrons. The first-order valence-corrected chi connectivity index (χ1v) is 11.5. The molecule has 0 saturated carbocycles. The van der Waals surface area contributed by atoms with Gasteiger partial charge in [0.25, 0.3) is 0 Å². The third-order valence-corrected chi connectivity index (χ3v) is 7.31. The predicted molar refractivity (Wildman–Crippen MR) is 110 cm³/mol. The number of carbonyl (C=O) groups is 1. The SMILES string of the molecule is CO[Si](CCCNC(=O)CCc1ccc(B(O)OC(O)CCO)cc1)(OC)OC. The summed E-state index contributed by atoms with van der Waals surface area (Å²) in [4.78, 5) is 12.0. The summed E-state index contributed by atoms with van der Waals surface area (Å²) in [6.07, 6.45) is 0.388. The highest BCUT2D eigenvalue weighted by molar-refractivity contribution is 6.60. The zero-order chi connectivity index (χ0) is 21.7. The van der Waals surface area contributed by atoms with Crippen molar-refractivity contribution in [1.82, 2.24) is 5.32 Å². The van der Waals surface area contributed by atoms with Gasteiger partial charge in [-0.05, 0) is 23.9 Å². The average molecular weight is 429 g/mol. The molecule has 4 N–H and O–H groups in total. The number of aliphatic hydroxyl groups is 2. The van der Waals surface area contributed by atoms with Gasteiger partial charge in [0.05, 0.1) is 0 Å². The number of aryl methyl sites for hydroxylation is 1. The van der Waals surface area contributed by atoms with Crippen LogP contribution in [0.25, 0.3) is 0 Å². The van der Waals surface area contributed by atoms with Gasteiger partial charge in [-0.1, -0.05) is 24.3 Å². The van der Waals surface area contributed by atoms with Crippen molar-refractivity contribution in [2.45, 2.75) is 38.0 Å². The van der Waals surface area contributed by atoms with Gasteiger partial charge in [0.1, 0.15) is 6.29 Å². The van der Waals surface area contributed by atoms with Crippen LogP contribution in [0.4, 0.5) is 0 Å². The molecule has 0 bridgehead atoms. The van der Waals surface area contributed by atoms with E-state index in [0.717, 1.165) is 5.56 Å². The van der Waals surface area contributed by atoms with Crippen LogP contribution in [0.2, 0.25) is 6.04 Å². The molecular weight excluding hydrogens is 397 g/mol. The minimum atomic E-state index is -2.60. The monoisotopic (exact) mass is 429 g/mol. The van der Waals surface area contributed by atoms with Crippen LogP contribution in [0, 0.1) is 0 Å². The van der Waals surface area contributed by atoms with Gasteiger partial charge in [-0.25, -0.2) is 0 Å². The maximum Gasteiger partial charge on any atom is 0.500 e. The number of rotatable bonds is 15. The van der Waals surface area contributed by atoms with E-state index in [0.29, 0.717) is 37.3 Å². The van der Waals surface area contributed by atoms with Crippen LogP contribution >= 0.6 is 0 Å². The van der Waals surface area contributed by atoms with Crippen LogP contribution in [0.5, 0.6) is 0 Å². The fraction of sp³-hybridized carbons (Fsp3) is 0.611. The molecule has 0 aliphatic heterocycles. The number of nitrogens with one attached hydrogen (secondary N) is 1. The average Bonchev–Trinajstić information content (AvgIpc) is 2.73. The quantitative estimate of drug-likeness (QED) is 0.166. The fourth-order valence-electron chi connectivity index (χ4n) is 2.69. The lowest BCUT2D eigenvalue weighted by molar-refractivity contribution is -0.121. The van der Waals surface area contributed by atoms with Crippen molar-refractivity contribution in [3.63, 3.8) is 0 Å². The first-order valence-electron chi connectivity index (χ1n) is 9.53. The summed E-state index contributed by atoms with van der Waals surface area (Å²) < 4.78 is 21.0. The number of carbonyl (C=O) groups excluding carboxylic acids is 1. The first kappa shape index (κ1) is 25.7. The summed E-state index contributed by atoms with van der Waals surface area (Å²) in [5.41, 5.74) is 1.42. The number of hydrogen-bond donors (Lipinski definition) is 4. The standard InChI is InChI=1S/C18H32BNO8Si/c1-25-29(26-2,27-3)14-4-12-20-17(22)10-7-15-5-8-16(9-6-15)19(24)28-18(23)11-13-21/h5-6,8-9,18,21,23-24H,4,7,10-14H2,1-3H3,(H,20,22). The minimum Gasteiger partial charge on any atom is -0.423 e. The molecule has 9 nitrogen and oxygen atoms in total. The van der Waals surface area contributed by atoms with Gasteiger partial charge < -0.3 is 38.5 Å². The molecule has 0 radical (unpaired) electrons. The molecule has 1 amide bonds. The van der Waals surface area contributed by atoms with Gasteiger partial charge in [0.15, 0.2) is 0 Å². The third kappa shape index (κ3) is 9.36. The molecular formula is C18H32BNO8Si. The van der Waals surface area contributed by atoms with Crippen LogP contribution in [0.15, 0.2) is 24.3 Å². The van der Waals surface area contributed by atoms with Gasteiger partial charge in [0.2, 0.25) is 5.91 Å². The van der Waals surface area contributed by atoms with Crippen LogP contribution < -0.4 is 10.8 Å². The van der Waals surface area contributed by atoms with Gasteiger partial charge in [-0.15, -0.1) is 0 Å². The predicted octanol–water partition coefficient (Wildman–Crippen LogP) is -0.591. The van der Waals surface area contributed by atoms with Crippen LogP contribution in [0.3, 0.4) is 0 Å². The van der Waals surface area contributed by atoms with E-state index in [4.69, 9.17) is 23.0 Å². The summed E-state index contributed by atoms with van der Waals surface area (Å²) in [6, 6.07) is 7.56. The van der Waals surface area contributed by atoms with E-state index >= 15 is 0 Å². The lowest BCUT2D eigenvalue weighted by Crippen LogP contribution is -2.43. The van der Waals surface area contributed by atoms with Gasteiger partial charge >= 0.3 is 15.9 Å². The molecule has 0 aliphatic carbocycles. The number of aliphatic hydroxyl groups excluding tert-OH is 2. The summed E-state index contributed by atoms with van der Waals surface area (Å²) in [5, 5.41) is 31.0. The lowest BCUT2D eigenvalue weighted by Gasteiger charge is -2.24. The zero-order valence-corrected chi connectivity index (χ0v) is 18.3. The second kappa shape index (κ2) is 13.8. The zero-order valence-electron chi connectivity index (χ0n) is 17.3. The Hall–Kier alpha value is -1.31. The molecule has 0 heterocycles. The topological polar surface area (TPSA) is 127 Å². The molecule has 1 rings (SSSR count). The van der Waals surface area contributed by atoms with Crippen molar-refractivity contribution < 1.29 is 38.0 Å². The van der Waals surface area contributed by atoms with Crippen LogP contribution in [-0.4, -0.2) is 77.8 Å². The van der Waals surface area contributed by atoms with Crippen molar-refractivity contribution in [3.05, 3.63) is 29.8 Å². The number of hydrogen-bond acceptors (Lipinski definition) is 8. The summed E-state index contributed by atoms with van der Waals surface area (Å²) in [5.74, 6) is -0.0518. The van der Waals surface area contributed by atoms with Gasteiger partial charge in [0, 0.05) is 53.4 Å². The Labute approximate surface area is 173 Å². The maximum atomic E-state index is 12.0. The van der Waals surface area contributed by atoms with Gasteiger partial charge in [-0.3, -0.25) is 4.79 Å². The minimum absolute atomic E-state index is 0.0236. The molecule has 0 aliphatic rings. The van der Waals surface area contributed by atoms with E-state index in [1.54, 1.807) is 45.6 Å². The molecule has 0 aromatic heterocycles. The van der Waals surface area contributed by atoms with E-state index in [2.05, 4.69) is 5.32 Å². The Morgan fingerprint density at radius 3 is 2.34 bits per heavy atom. The normalized spacial score (nSPS) is 12.6. The Morgan fingerprint density at radius 2 is 1.79 bits per heavy atom. The van der Waals surface area contributed by atoms with E-state index in [-0.39, 0.29) is 18.9 Å². The Morgan fingerprint density at radius 1 is 1.17 bits per heavy atom. The summed E-state index contributed by atoms with van der Waals surface area (Å²) >= 11 is 0. The second-order valence-electron chi connectivity index (χ2n) is 6.45. The first-order chi connectivity index (χ1) is 13.9. The fourth-order valence-corrected chi connectivity index (χ4v) is 4.41. The van der Waals surface area contributed by atoms with Crippen molar-refractivity contribution in [1.29, 1.82) is 0 Å². The van der Waals surface area contributed by atoms with Crippen LogP contribution in [0.1, 0.15) is 24.8 Å². The molecule has 11 heteroatoms. The summed E-state index contributed by atoms with van der Waals surface area (Å²) in [7, 11) is 0.801. The van der Waals surface area contributed by atoms with E-state index in [1.807, 2.05) is 0 Å². The Kier molecular flexibility index (Phi) is 12.3. The van der Waals surface area contributed by atoms with E-state index in [9.17, 15) is 14.9 Å². The Bertz CT molecular complexity index is 579. The van der Waals surface area contributed by atoms with Crippen molar-refractivity contribution >= 4 is 27.3 Å². The molecule has 1 aromatic carbocycles. The van der Waals surface area contributed by atoms with Crippen molar-refractivity contribution in [2.75, 3.05) is 34.5 Å². The highest BCUT2D eigenvalue weighted by atomic mass is 28.4. The third-order valence-electron chi connectivity index (χ3n) is 4.48. The Balaban J connectivity index is 2.33. The van der Waals surface area contributed by atoms with Crippen molar-refractivity contribution in [3.8, 4) is 0 Å². The summed E-state index contributed by atoms with van der Waals surface area (Å²) in [6.45, 7) is 0.283. The van der Waals surface area contributed by atoms with E-state index in [1.165, 1.54) is 0 Å². The maximum absolute atomic E-state index is 12.0. The number of amides is 1.